The Kier molecular flexibility index (Phi) is 5.27. The number of halogens is 5. The predicted octanol–water partition coefficient (Wildman–Crippen LogP) is 4.03. The van der Waals surface area contributed by atoms with Crippen LogP contribution < -0.4 is 5.32 Å². The van der Waals surface area contributed by atoms with Gasteiger partial charge in [-0.2, -0.15) is 22.8 Å². The van der Waals surface area contributed by atoms with Crippen LogP contribution in [0.2, 0.25) is 5.02 Å². The van der Waals surface area contributed by atoms with Crippen molar-refractivity contribution in [2.45, 2.75) is 30.8 Å². The van der Waals surface area contributed by atoms with E-state index < -0.39 is 21.1 Å². The average Bonchev–Trinajstić information content (AvgIpc) is 2.89. The third kappa shape index (κ3) is 4.01. The first-order chi connectivity index (χ1) is 11.4. The zero-order chi connectivity index (χ0) is 19.2. The molecule has 0 fully saturated rings. The van der Waals surface area contributed by atoms with Gasteiger partial charge in [-0.3, -0.25) is 0 Å². The molecule has 2 rings (SSSR count). The molecule has 1 aromatic heterocycles. The van der Waals surface area contributed by atoms with Crippen molar-refractivity contribution in [3.63, 3.8) is 0 Å². The maximum absolute atomic E-state index is 12.9. The van der Waals surface area contributed by atoms with Gasteiger partial charge < -0.3 is 5.32 Å². The second-order valence-corrected chi connectivity index (χ2v) is 8.29. The van der Waals surface area contributed by atoms with Crippen LogP contribution in [0.5, 0.6) is 0 Å². The normalized spacial score (nSPS) is 12.7. The molecule has 0 aliphatic rings. The van der Waals surface area contributed by atoms with Crippen LogP contribution in [0.15, 0.2) is 17.0 Å². The molecule has 0 bridgehead atoms. The molecule has 0 saturated heterocycles. The minimum Gasteiger partial charge on any atom is -0.357 e. The summed E-state index contributed by atoms with van der Waals surface area (Å²) >= 11 is 6.15. The highest BCUT2D eigenvalue weighted by Gasteiger charge is 2.37. The molecule has 0 unspecified atom stereocenters. The summed E-state index contributed by atoms with van der Waals surface area (Å²) in [5, 5.41) is 5.84. The lowest BCUT2D eigenvalue weighted by Crippen LogP contribution is -2.10. The number of alkyl halides is 3. The monoisotopic (exact) mass is 416 g/mol. The second-order valence-electron chi connectivity index (χ2n) is 5.35. The van der Waals surface area contributed by atoms with Crippen molar-refractivity contribution in [3.05, 3.63) is 28.5 Å². The number of benzene rings is 1. The van der Waals surface area contributed by atoms with Crippen molar-refractivity contribution in [1.29, 1.82) is 0 Å². The van der Waals surface area contributed by atoms with E-state index in [1.165, 1.54) is 13.1 Å². The fraction of sp³-hybridized carbons (Fsp3) is 0.385. The number of hydrogen-bond donors (Lipinski definition) is 1. The Bertz CT molecular complexity index is 911. The van der Waals surface area contributed by atoms with Crippen LogP contribution in [0.3, 0.4) is 0 Å². The molecule has 1 aromatic carbocycles. The van der Waals surface area contributed by atoms with Crippen LogP contribution in [-0.2, 0) is 15.2 Å². The van der Waals surface area contributed by atoms with Crippen LogP contribution in [0.25, 0.3) is 5.69 Å². The molecule has 6 nitrogen and oxygen atoms in total. The van der Waals surface area contributed by atoms with E-state index in [1.807, 2.05) is 0 Å². The van der Waals surface area contributed by atoms with E-state index in [4.69, 9.17) is 22.3 Å². The van der Waals surface area contributed by atoms with E-state index in [0.29, 0.717) is 5.56 Å². The summed E-state index contributed by atoms with van der Waals surface area (Å²) in [5.74, 6) is -1.89. The quantitative estimate of drug-likeness (QED) is 0.761. The van der Waals surface area contributed by atoms with Crippen molar-refractivity contribution < 1.29 is 21.6 Å². The standard InChI is InChI=1S/C13H13Cl2F3N4O2S/c1-6(2)7-4-8(14)9(5-10(7)25(15,23)24)22-12(19-3)20-11(21-22)13(16,17)18/h4-6H,1-3H3,(H,19,20,21). The van der Waals surface area contributed by atoms with E-state index >= 15 is 0 Å². The number of nitrogens with zero attached hydrogens (tertiary/aromatic N) is 3. The summed E-state index contributed by atoms with van der Waals surface area (Å²) in [6.07, 6.45) is -4.78. The zero-order valence-electron chi connectivity index (χ0n) is 13.2. The van der Waals surface area contributed by atoms with Crippen LogP contribution in [0, 0.1) is 0 Å². The van der Waals surface area contributed by atoms with Crippen LogP contribution in [0.4, 0.5) is 19.1 Å². The minimum atomic E-state index is -4.78. The molecule has 0 atom stereocenters. The van der Waals surface area contributed by atoms with Gasteiger partial charge in [0.15, 0.2) is 0 Å². The third-order valence-electron chi connectivity index (χ3n) is 3.28. The molecule has 1 N–H and O–H groups in total. The maximum Gasteiger partial charge on any atom is 0.453 e. The van der Waals surface area contributed by atoms with Gasteiger partial charge in [0.1, 0.15) is 0 Å². The Morgan fingerprint density at radius 2 is 1.88 bits per heavy atom. The minimum absolute atomic E-state index is 0.00268. The lowest BCUT2D eigenvalue weighted by atomic mass is 10.0. The summed E-state index contributed by atoms with van der Waals surface area (Å²) < 4.78 is 63.1. The third-order valence-corrected chi connectivity index (χ3v) is 4.96. The second kappa shape index (κ2) is 6.65. The average molecular weight is 417 g/mol. The van der Waals surface area contributed by atoms with Crippen molar-refractivity contribution in [3.8, 4) is 5.69 Å². The van der Waals surface area contributed by atoms with Crippen molar-refractivity contribution in [2.24, 2.45) is 0 Å². The van der Waals surface area contributed by atoms with E-state index in [2.05, 4.69) is 15.4 Å². The fourth-order valence-electron chi connectivity index (χ4n) is 2.14. The van der Waals surface area contributed by atoms with E-state index in [1.54, 1.807) is 13.8 Å². The predicted molar refractivity (Wildman–Crippen MR) is 88.0 cm³/mol. The molecule has 25 heavy (non-hydrogen) atoms. The molecule has 0 aliphatic carbocycles. The van der Waals surface area contributed by atoms with Gasteiger partial charge in [0.05, 0.1) is 15.6 Å². The number of hydrogen-bond acceptors (Lipinski definition) is 5. The summed E-state index contributed by atoms with van der Waals surface area (Å²) in [7, 11) is 2.65. The molecule has 0 spiro atoms. The molecule has 138 valence electrons. The van der Waals surface area contributed by atoms with E-state index in [-0.39, 0.29) is 27.5 Å². The van der Waals surface area contributed by atoms with E-state index in [0.717, 1.165) is 10.7 Å². The van der Waals surface area contributed by atoms with Gasteiger partial charge in [-0.25, -0.2) is 8.42 Å². The zero-order valence-corrected chi connectivity index (χ0v) is 15.5. The Hall–Kier alpha value is -1.52. The topological polar surface area (TPSA) is 76.9 Å². The number of nitrogens with one attached hydrogen (secondary N) is 1. The van der Waals surface area contributed by atoms with Gasteiger partial charge in [0.2, 0.25) is 5.95 Å². The molecular weight excluding hydrogens is 404 g/mol. The summed E-state index contributed by atoms with van der Waals surface area (Å²) in [6, 6.07) is 2.42. The SMILES string of the molecule is CNc1nc(C(F)(F)F)nn1-c1cc(S(=O)(=O)Cl)c(C(C)C)cc1Cl. The Morgan fingerprint density at radius 1 is 1.28 bits per heavy atom. The fourth-order valence-corrected chi connectivity index (χ4v) is 3.63. The molecule has 2 aromatic rings. The van der Waals surface area contributed by atoms with Crippen molar-refractivity contribution in [1.82, 2.24) is 14.8 Å². The number of anilines is 1. The summed E-state index contributed by atoms with van der Waals surface area (Å²) in [4.78, 5) is 3.09. The lowest BCUT2D eigenvalue weighted by Gasteiger charge is -2.15. The van der Waals surface area contributed by atoms with Gasteiger partial charge in [0.25, 0.3) is 14.9 Å². The highest BCUT2D eigenvalue weighted by atomic mass is 35.7. The van der Waals surface area contributed by atoms with Gasteiger partial charge in [0, 0.05) is 17.7 Å². The van der Waals surface area contributed by atoms with Gasteiger partial charge in [-0.1, -0.05) is 25.4 Å². The first-order valence-electron chi connectivity index (χ1n) is 6.86. The Morgan fingerprint density at radius 3 is 2.32 bits per heavy atom. The summed E-state index contributed by atoms with van der Waals surface area (Å²) in [5.41, 5.74) is 0.239. The highest BCUT2D eigenvalue weighted by molar-refractivity contribution is 8.13. The van der Waals surface area contributed by atoms with Gasteiger partial charge in [-0.05, 0) is 23.6 Å². The highest BCUT2D eigenvalue weighted by Crippen LogP contribution is 2.35. The molecular formula is C13H13Cl2F3N4O2S. The smallest absolute Gasteiger partial charge is 0.357 e. The number of aromatic nitrogens is 3. The Balaban J connectivity index is 2.79. The van der Waals surface area contributed by atoms with Crippen LogP contribution in [0.1, 0.15) is 31.2 Å². The first kappa shape index (κ1) is 19.8. The molecule has 1 heterocycles. The van der Waals surface area contributed by atoms with Crippen molar-refractivity contribution in [2.75, 3.05) is 12.4 Å². The number of rotatable bonds is 4. The Labute approximate surface area is 151 Å². The molecule has 0 aliphatic heterocycles. The lowest BCUT2D eigenvalue weighted by molar-refractivity contribution is -0.144. The van der Waals surface area contributed by atoms with Gasteiger partial charge in [-0.15, -0.1) is 5.10 Å². The molecule has 0 radical (unpaired) electrons. The maximum atomic E-state index is 12.9. The van der Waals surface area contributed by atoms with Crippen LogP contribution in [-0.4, -0.2) is 30.2 Å². The van der Waals surface area contributed by atoms with Gasteiger partial charge >= 0.3 is 6.18 Å². The molecule has 0 saturated carbocycles. The summed E-state index contributed by atoms with van der Waals surface area (Å²) in [6.45, 7) is 3.46. The first-order valence-corrected chi connectivity index (χ1v) is 9.55. The molecule has 0 amide bonds. The van der Waals surface area contributed by atoms with E-state index in [9.17, 15) is 21.6 Å². The van der Waals surface area contributed by atoms with Crippen molar-refractivity contribution >= 4 is 37.3 Å². The van der Waals surface area contributed by atoms with Crippen LogP contribution >= 0.6 is 22.3 Å². The molecule has 12 heteroatoms. The largest absolute Gasteiger partial charge is 0.453 e.